The normalized spacial score (nSPS) is 17.6. The van der Waals surface area contributed by atoms with E-state index in [1.54, 1.807) is 7.11 Å². The van der Waals surface area contributed by atoms with Crippen LogP contribution in [0, 0.1) is 0 Å². The molecule has 1 aromatic heterocycles. The molecule has 0 saturated carbocycles. The molecule has 7 heteroatoms. The number of carbonyl (C=O) groups excluding carboxylic acids is 1. The van der Waals surface area contributed by atoms with Crippen LogP contribution in [0.25, 0.3) is 11.3 Å². The molecule has 0 unspecified atom stereocenters. The number of nitrogens with zero attached hydrogens (tertiary/aromatic N) is 3. The molecule has 3 rings (SSSR count). The van der Waals surface area contributed by atoms with E-state index in [0.717, 1.165) is 43.7 Å². The highest BCUT2D eigenvalue weighted by atomic mass is 16.5. The van der Waals surface area contributed by atoms with Crippen LogP contribution in [0.5, 0.6) is 5.75 Å². The van der Waals surface area contributed by atoms with Crippen LogP contribution >= 0.6 is 0 Å². The van der Waals surface area contributed by atoms with Crippen molar-refractivity contribution in [2.24, 2.45) is 0 Å². The third-order valence-electron chi connectivity index (χ3n) is 5.05. The topological polar surface area (TPSA) is 70.8 Å². The van der Waals surface area contributed by atoms with Gasteiger partial charge >= 0.3 is 6.03 Å². The first kappa shape index (κ1) is 19.2. The fourth-order valence-corrected chi connectivity index (χ4v) is 3.38. The quantitative estimate of drug-likeness (QED) is 0.874. The van der Waals surface area contributed by atoms with Crippen LogP contribution in [0.15, 0.2) is 34.9 Å². The van der Waals surface area contributed by atoms with Gasteiger partial charge in [0, 0.05) is 30.8 Å². The van der Waals surface area contributed by atoms with Crippen molar-refractivity contribution in [3.63, 3.8) is 0 Å². The van der Waals surface area contributed by atoms with Gasteiger partial charge in [0.2, 0.25) is 0 Å². The molecular formula is C20H28N4O3. The lowest BCUT2D eigenvalue weighted by Crippen LogP contribution is -2.40. The van der Waals surface area contributed by atoms with E-state index in [2.05, 4.69) is 29.5 Å². The number of hydrogen-bond donors (Lipinski definition) is 1. The van der Waals surface area contributed by atoms with Crippen molar-refractivity contribution in [3.8, 4) is 17.1 Å². The summed E-state index contributed by atoms with van der Waals surface area (Å²) in [6.07, 6.45) is 3.16. The van der Waals surface area contributed by atoms with Gasteiger partial charge in [0.1, 0.15) is 11.4 Å². The van der Waals surface area contributed by atoms with Crippen LogP contribution in [0.2, 0.25) is 0 Å². The summed E-state index contributed by atoms with van der Waals surface area (Å²) in [5.41, 5.74) is 1.59. The molecule has 0 radical (unpaired) electrons. The maximum Gasteiger partial charge on any atom is 0.317 e. The zero-order chi connectivity index (χ0) is 19.2. The zero-order valence-corrected chi connectivity index (χ0v) is 16.3. The third-order valence-corrected chi connectivity index (χ3v) is 5.05. The number of hydrogen-bond acceptors (Lipinski definition) is 5. The van der Waals surface area contributed by atoms with Gasteiger partial charge in [0.25, 0.3) is 0 Å². The summed E-state index contributed by atoms with van der Waals surface area (Å²) in [5.74, 6) is 1.41. The minimum absolute atomic E-state index is 0.0414. The van der Waals surface area contributed by atoms with Crippen molar-refractivity contribution in [1.29, 1.82) is 0 Å². The van der Waals surface area contributed by atoms with Gasteiger partial charge in [0.05, 0.1) is 13.7 Å². The summed E-state index contributed by atoms with van der Waals surface area (Å²) in [5, 5.41) is 7.02. The van der Waals surface area contributed by atoms with Gasteiger partial charge in [-0.15, -0.1) is 0 Å². The molecule has 2 heterocycles. The molecule has 1 atom stereocenters. The number of carbonyl (C=O) groups is 1. The van der Waals surface area contributed by atoms with E-state index in [4.69, 9.17) is 9.26 Å². The summed E-state index contributed by atoms with van der Waals surface area (Å²) >= 11 is 0. The largest absolute Gasteiger partial charge is 0.497 e. The van der Waals surface area contributed by atoms with Crippen molar-refractivity contribution in [2.45, 2.75) is 31.8 Å². The van der Waals surface area contributed by atoms with Crippen molar-refractivity contribution >= 4 is 6.03 Å². The average Bonchev–Trinajstić information content (AvgIpc) is 3.01. The van der Waals surface area contributed by atoms with E-state index >= 15 is 0 Å². The number of urea groups is 1. The smallest absolute Gasteiger partial charge is 0.317 e. The molecule has 1 fully saturated rings. The second-order valence-corrected chi connectivity index (χ2v) is 7.11. The van der Waals surface area contributed by atoms with Gasteiger partial charge in [-0.25, -0.2) is 4.79 Å². The molecule has 1 aliphatic rings. The molecule has 0 bridgehead atoms. The molecule has 0 aliphatic carbocycles. The Morgan fingerprint density at radius 2 is 2.19 bits per heavy atom. The lowest BCUT2D eigenvalue weighted by molar-refractivity contribution is 0.196. The molecule has 146 valence electrons. The predicted molar refractivity (Wildman–Crippen MR) is 104 cm³/mol. The summed E-state index contributed by atoms with van der Waals surface area (Å²) in [7, 11) is 5.83. The number of aromatic nitrogens is 1. The number of nitrogens with one attached hydrogen (secondary N) is 1. The Hall–Kier alpha value is -2.54. The Morgan fingerprint density at radius 3 is 2.96 bits per heavy atom. The van der Waals surface area contributed by atoms with Crippen molar-refractivity contribution in [3.05, 3.63) is 36.0 Å². The summed E-state index contributed by atoms with van der Waals surface area (Å²) in [6, 6.07) is 9.95. The number of ether oxygens (including phenoxy) is 1. The summed E-state index contributed by atoms with van der Waals surface area (Å²) < 4.78 is 10.6. The molecule has 1 aliphatic heterocycles. The molecule has 1 N–H and O–H groups in total. The van der Waals surface area contributed by atoms with Gasteiger partial charge in [-0.2, -0.15) is 0 Å². The van der Waals surface area contributed by atoms with Crippen LogP contribution in [-0.4, -0.2) is 61.3 Å². The van der Waals surface area contributed by atoms with E-state index in [9.17, 15) is 4.79 Å². The van der Waals surface area contributed by atoms with Gasteiger partial charge < -0.3 is 24.4 Å². The van der Waals surface area contributed by atoms with Gasteiger partial charge in [0.15, 0.2) is 5.76 Å². The van der Waals surface area contributed by atoms with Crippen molar-refractivity contribution < 1.29 is 14.1 Å². The highest BCUT2D eigenvalue weighted by Gasteiger charge is 2.21. The predicted octanol–water partition coefficient (Wildman–Crippen LogP) is 2.98. The molecule has 1 aromatic carbocycles. The molecule has 1 saturated heterocycles. The maximum absolute atomic E-state index is 12.5. The first-order valence-electron chi connectivity index (χ1n) is 9.36. The summed E-state index contributed by atoms with van der Waals surface area (Å²) in [6.45, 7) is 1.92. The van der Waals surface area contributed by atoms with Gasteiger partial charge in [-0.3, -0.25) is 0 Å². The molecule has 27 heavy (non-hydrogen) atoms. The fraction of sp³-hybridized carbons (Fsp3) is 0.500. The zero-order valence-electron chi connectivity index (χ0n) is 16.3. The Kier molecular flexibility index (Phi) is 6.34. The lowest BCUT2D eigenvalue weighted by Gasteiger charge is -2.23. The highest BCUT2D eigenvalue weighted by Crippen LogP contribution is 2.24. The first-order valence-corrected chi connectivity index (χ1v) is 9.36. The Morgan fingerprint density at radius 1 is 1.33 bits per heavy atom. The molecule has 2 aromatic rings. The van der Waals surface area contributed by atoms with Crippen LogP contribution in [0.1, 0.15) is 25.0 Å². The van der Waals surface area contributed by atoms with Crippen LogP contribution in [-0.2, 0) is 6.54 Å². The number of amides is 2. The number of benzene rings is 1. The van der Waals surface area contributed by atoms with E-state index < -0.39 is 0 Å². The SMILES string of the molecule is COc1cccc(-c2cc(CNC(=O)N3CCC[C@H](N(C)C)CC3)no2)c1. The second-order valence-electron chi connectivity index (χ2n) is 7.11. The Labute approximate surface area is 160 Å². The third kappa shape index (κ3) is 5.01. The molecule has 2 amide bonds. The Bertz CT molecular complexity index is 759. The minimum atomic E-state index is -0.0414. The molecule has 7 nitrogen and oxygen atoms in total. The van der Waals surface area contributed by atoms with E-state index in [1.165, 1.54) is 0 Å². The summed E-state index contributed by atoms with van der Waals surface area (Å²) in [4.78, 5) is 16.6. The lowest BCUT2D eigenvalue weighted by atomic mass is 10.1. The fourth-order valence-electron chi connectivity index (χ4n) is 3.38. The van der Waals surface area contributed by atoms with E-state index in [1.807, 2.05) is 35.2 Å². The van der Waals surface area contributed by atoms with Crippen LogP contribution in [0.4, 0.5) is 4.79 Å². The van der Waals surface area contributed by atoms with Crippen molar-refractivity contribution in [1.82, 2.24) is 20.3 Å². The number of rotatable bonds is 5. The van der Waals surface area contributed by atoms with Crippen LogP contribution in [0.3, 0.4) is 0 Å². The van der Waals surface area contributed by atoms with E-state index in [0.29, 0.717) is 24.0 Å². The van der Waals surface area contributed by atoms with Gasteiger partial charge in [-0.1, -0.05) is 17.3 Å². The Balaban J connectivity index is 1.54. The standard InChI is InChI=1S/C20H28N4O3/c1-23(2)17-7-5-10-24(11-9-17)20(25)21-14-16-13-19(27-22-16)15-6-4-8-18(12-15)26-3/h4,6,8,12-13,17H,5,7,9-11,14H2,1-3H3,(H,21,25)/t17-/m0/s1. The maximum atomic E-state index is 12.5. The first-order chi connectivity index (χ1) is 13.1. The molecule has 0 spiro atoms. The second kappa shape index (κ2) is 8.90. The van der Waals surface area contributed by atoms with E-state index in [-0.39, 0.29) is 6.03 Å². The minimum Gasteiger partial charge on any atom is -0.497 e. The van der Waals surface area contributed by atoms with Crippen LogP contribution < -0.4 is 10.1 Å². The highest BCUT2D eigenvalue weighted by molar-refractivity contribution is 5.74. The monoisotopic (exact) mass is 372 g/mol. The number of likely N-dealkylation sites (tertiary alicyclic amines) is 1. The number of methoxy groups -OCH3 is 1. The van der Waals surface area contributed by atoms with Gasteiger partial charge in [-0.05, 0) is 45.5 Å². The molecular weight excluding hydrogens is 344 g/mol. The van der Waals surface area contributed by atoms with Crippen molar-refractivity contribution in [2.75, 3.05) is 34.3 Å². The average molecular weight is 372 g/mol.